The predicted molar refractivity (Wildman–Crippen MR) is 189 cm³/mol. The molecule has 0 aliphatic carbocycles. The van der Waals surface area contributed by atoms with Gasteiger partial charge in [-0.2, -0.15) is 5.26 Å². The fraction of sp³-hybridized carbons (Fsp3) is 0. The number of hydrogen-bond acceptors (Lipinski definition) is 1. The number of benzene rings is 7. The molecule has 9 aromatic rings. The molecule has 0 bridgehead atoms. The van der Waals surface area contributed by atoms with Gasteiger partial charge in [-0.15, -0.1) is 0 Å². The van der Waals surface area contributed by atoms with Crippen molar-refractivity contribution in [2.75, 3.05) is 0 Å². The van der Waals surface area contributed by atoms with Gasteiger partial charge in [-0.25, -0.2) is 4.85 Å². The van der Waals surface area contributed by atoms with Crippen molar-refractivity contribution in [1.29, 1.82) is 5.26 Å². The van der Waals surface area contributed by atoms with Crippen molar-refractivity contribution < 1.29 is 0 Å². The molecule has 2 aromatic heterocycles. The molecule has 7 aromatic carbocycles. The summed E-state index contributed by atoms with van der Waals surface area (Å²) in [5, 5.41) is 17.7. The van der Waals surface area contributed by atoms with Gasteiger partial charge in [0, 0.05) is 21.5 Å². The molecule has 0 aliphatic heterocycles. The zero-order valence-corrected chi connectivity index (χ0v) is 24.6. The van der Waals surface area contributed by atoms with E-state index in [1.54, 1.807) is 0 Å². The number of fused-ring (bicyclic) bond motifs is 8. The Morgan fingerprint density at radius 1 is 0.522 bits per heavy atom. The summed E-state index contributed by atoms with van der Waals surface area (Å²) >= 11 is 0. The summed E-state index contributed by atoms with van der Waals surface area (Å²) in [5.74, 6) is 0. The van der Waals surface area contributed by atoms with Gasteiger partial charge in [0.25, 0.3) is 0 Å². The third-order valence-corrected chi connectivity index (χ3v) is 9.17. The van der Waals surface area contributed by atoms with Crippen molar-refractivity contribution in [1.82, 2.24) is 9.13 Å². The Kier molecular flexibility index (Phi) is 5.59. The van der Waals surface area contributed by atoms with Gasteiger partial charge in [0.1, 0.15) is 6.07 Å². The molecule has 0 N–H and O–H groups in total. The molecule has 0 amide bonds. The SMILES string of the molecule is [C-]#[N+]c1ccc(-n2c3ccc(-c4ccccc4)cc3c3c4ccccc4ccc32)c(C#N)c1-n1c2ccccc2c2ccccc21. The van der Waals surface area contributed by atoms with Crippen LogP contribution < -0.4 is 0 Å². The lowest BCUT2D eigenvalue weighted by atomic mass is 10.0. The topological polar surface area (TPSA) is 38.0 Å². The maximum Gasteiger partial charge on any atom is 0.212 e. The zero-order chi connectivity index (χ0) is 30.8. The highest BCUT2D eigenvalue weighted by Gasteiger charge is 2.24. The Balaban J connectivity index is 1.43. The van der Waals surface area contributed by atoms with Crippen LogP contribution in [0.15, 0.2) is 146 Å². The molecule has 2 heterocycles. The first-order chi connectivity index (χ1) is 22.8. The average Bonchev–Trinajstić information content (AvgIpc) is 3.64. The van der Waals surface area contributed by atoms with Crippen LogP contribution in [0.5, 0.6) is 0 Å². The molecule has 9 rings (SSSR count). The molecule has 0 spiro atoms. The lowest BCUT2D eigenvalue weighted by Gasteiger charge is -2.17. The quantitative estimate of drug-likeness (QED) is 0.190. The third-order valence-electron chi connectivity index (χ3n) is 9.17. The summed E-state index contributed by atoms with van der Waals surface area (Å²) in [7, 11) is 0. The van der Waals surface area contributed by atoms with Crippen LogP contribution in [0, 0.1) is 17.9 Å². The minimum atomic E-state index is 0.435. The van der Waals surface area contributed by atoms with Crippen LogP contribution in [-0.2, 0) is 0 Å². The molecule has 4 heteroatoms. The molecule has 0 saturated carbocycles. The van der Waals surface area contributed by atoms with Gasteiger partial charge in [0.15, 0.2) is 0 Å². The Morgan fingerprint density at radius 3 is 1.87 bits per heavy atom. The number of nitriles is 1. The average molecular weight is 585 g/mol. The first-order valence-electron chi connectivity index (χ1n) is 15.2. The van der Waals surface area contributed by atoms with Crippen LogP contribution in [-0.4, -0.2) is 9.13 Å². The highest BCUT2D eigenvalue weighted by molar-refractivity contribution is 6.22. The summed E-state index contributed by atoms with van der Waals surface area (Å²) < 4.78 is 4.30. The first-order valence-corrected chi connectivity index (χ1v) is 15.2. The summed E-state index contributed by atoms with van der Waals surface area (Å²) in [4.78, 5) is 3.95. The third kappa shape index (κ3) is 3.59. The summed E-state index contributed by atoms with van der Waals surface area (Å²) in [5.41, 5.74) is 8.46. The van der Waals surface area contributed by atoms with Crippen molar-refractivity contribution in [3.05, 3.63) is 163 Å². The van der Waals surface area contributed by atoms with E-state index in [1.165, 1.54) is 0 Å². The van der Waals surface area contributed by atoms with E-state index >= 15 is 0 Å². The molecular formula is C42H24N4. The summed E-state index contributed by atoms with van der Waals surface area (Å²) in [6, 6.07) is 52.5. The van der Waals surface area contributed by atoms with E-state index < -0.39 is 0 Å². The molecule has 0 aliphatic rings. The van der Waals surface area contributed by atoms with E-state index in [-0.39, 0.29) is 0 Å². The lowest BCUT2D eigenvalue weighted by molar-refractivity contribution is 1.12. The van der Waals surface area contributed by atoms with Gasteiger partial charge in [0.2, 0.25) is 5.69 Å². The smallest absolute Gasteiger partial charge is 0.212 e. The summed E-state index contributed by atoms with van der Waals surface area (Å²) in [6.07, 6.45) is 0. The fourth-order valence-electron chi connectivity index (χ4n) is 7.21. The Morgan fingerprint density at radius 2 is 1.15 bits per heavy atom. The van der Waals surface area contributed by atoms with Crippen molar-refractivity contribution in [2.24, 2.45) is 0 Å². The zero-order valence-electron chi connectivity index (χ0n) is 24.6. The minimum absolute atomic E-state index is 0.435. The van der Waals surface area contributed by atoms with Gasteiger partial charge in [-0.1, -0.05) is 109 Å². The monoisotopic (exact) mass is 584 g/mol. The number of aromatic nitrogens is 2. The number of para-hydroxylation sites is 2. The van der Waals surface area contributed by atoms with E-state index in [0.717, 1.165) is 71.2 Å². The fourth-order valence-corrected chi connectivity index (χ4v) is 7.21. The van der Waals surface area contributed by atoms with Gasteiger partial charge in [-0.3, -0.25) is 0 Å². The highest BCUT2D eigenvalue weighted by Crippen LogP contribution is 2.43. The second-order valence-corrected chi connectivity index (χ2v) is 11.5. The number of nitrogens with zero attached hydrogens (tertiary/aromatic N) is 4. The van der Waals surface area contributed by atoms with Gasteiger partial charge in [-0.05, 0) is 58.3 Å². The maximum absolute atomic E-state index is 11.0. The van der Waals surface area contributed by atoms with Crippen LogP contribution in [0.25, 0.3) is 81.7 Å². The van der Waals surface area contributed by atoms with Crippen molar-refractivity contribution >= 4 is 60.1 Å². The maximum atomic E-state index is 11.0. The Bertz CT molecular complexity index is 2710. The van der Waals surface area contributed by atoms with E-state index in [9.17, 15) is 5.26 Å². The highest BCUT2D eigenvalue weighted by atomic mass is 15.0. The van der Waals surface area contributed by atoms with E-state index in [2.05, 4.69) is 123 Å². The molecule has 0 fully saturated rings. The molecule has 0 atom stereocenters. The standard InChI is InChI=1S/C42H24N4/c1-44-35-21-24-39(34(26-43)42(35)46-36-17-9-7-15-31(36)32-16-8-10-18-37(32)46)45-38-22-20-29(27-11-3-2-4-12-27)25-33(38)41-30-14-6-5-13-28(30)19-23-40(41)45/h2-25H. The Labute approximate surface area is 265 Å². The van der Waals surface area contributed by atoms with E-state index in [4.69, 9.17) is 6.57 Å². The number of rotatable bonds is 3. The van der Waals surface area contributed by atoms with Crippen LogP contribution in [0.3, 0.4) is 0 Å². The molecule has 4 nitrogen and oxygen atoms in total. The first kappa shape index (κ1) is 25.8. The van der Waals surface area contributed by atoms with Crippen molar-refractivity contribution in [2.45, 2.75) is 0 Å². The van der Waals surface area contributed by atoms with E-state index in [0.29, 0.717) is 16.9 Å². The van der Waals surface area contributed by atoms with E-state index in [1.807, 2.05) is 42.5 Å². The molecule has 212 valence electrons. The minimum Gasteiger partial charge on any atom is -0.318 e. The molecule has 0 radical (unpaired) electrons. The largest absolute Gasteiger partial charge is 0.318 e. The van der Waals surface area contributed by atoms with Gasteiger partial charge in [0.05, 0.1) is 45.6 Å². The normalized spacial score (nSPS) is 11.4. The van der Waals surface area contributed by atoms with Crippen molar-refractivity contribution in [3.8, 4) is 28.6 Å². The van der Waals surface area contributed by atoms with Gasteiger partial charge >= 0.3 is 0 Å². The number of hydrogen-bond donors (Lipinski definition) is 0. The second kappa shape index (κ2) is 9.96. The van der Waals surface area contributed by atoms with Crippen LogP contribution >= 0.6 is 0 Å². The van der Waals surface area contributed by atoms with Gasteiger partial charge < -0.3 is 9.13 Å². The van der Waals surface area contributed by atoms with Crippen LogP contribution in [0.1, 0.15) is 5.56 Å². The second-order valence-electron chi connectivity index (χ2n) is 11.5. The lowest BCUT2D eigenvalue weighted by Crippen LogP contribution is -2.04. The van der Waals surface area contributed by atoms with Crippen molar-refractivity contribution in [3.63, 3.8) is 0 Å². The Hall–Kier alpha value is -6.62. The summed E-state index contributed by atoms with van der Waals surface area (Å²) in [6.45, 7) is 8.17. The molecular weight excluding hydrogens is 560 g/mol. The molecule has 0 unspecified atom stereocenters. The van der Waals surface area contributed by atoms with Crippen LogP contribution in [0.2, 0.25) is 0 Å². The molecule has 0 saturated heterocycles. The predicted octanol–water partition coefficient (Wildman–Crippen LogP) is 11.1. The van der Waals surface area contributed by atoms with Crippen LogP contribution in [0.4, 0.5) is 5.69 Å². The molecule has 46 heavy (non-hydrogen) atoms.